The van der Waals surface area contributed by atoms with E-state index in [4.69, 9.17) is 10.5 Å². The zero-order valence-electron chi connectivity index (χ0n) is 12.3. The molecule has 3 rings (SSSR count). The van der Waals surface area contributed by atoms with Crippen molar-refractivity contribution < 1.29 is 9.53 Å². The molecule has 0 bridgehead atoms. The molecule has 1 saturated heterocycles. The van der Waals surface area contributed by atoms with Gasteiger partial charge >= 0.3 is 0 Å². The molecule has 3 atom stereocenters. The predicted molar refractivity (Wildman–Crippen MR) is 91.8 cm³/mol. The fourth-order valence-electron chi connectivity index (χ4n) is 3.09. The Kier molecular flexibility index (Phi) is 8.07. The van der Waals surface area contributed by atoms with Crippen molar-refractivity contribution in [3.05, 3.63) is 16.6 Å². The van der Waals surface area contributed by atoms with E-state index in [0.717, 1.165) is 24.3 Å². The maximum Gasteiger partial charge on any atom is 0.223 e. The Morgan fingerprint density at radius 1 is 1.45 bits per heavy atom. The van der Waals surface area contributed by atoms with E-state index in [9.17, 15) is 4.79 Å². The number of morpholine rings is 1. The molecule has 5 nitrogen and oxygen atoms in total. The molecule has 126 valence electrons. The maximum absolute atomic E-state index is 12.4. The summed E-state index contributed by atoms with van der Waals surface area (Å²) in [6, 6.07) is 0.203. The van der Waals surface area contributed by atoms with Gasteiger partial charge in [0.1, 0.15) is 11.1 Å². The van der Waals surface area contributed by atoms with Crippen molar-refractivity contribution >= 4 is 42.1 Å². The van der Waals surface area contributed by atoms with Gasteiger partial charge in [-0.2, -0.15) is 0 Å². The molecule has 0 radical (unpaired) electrons. The summed E-state index contributed by atoms with van der Waals surface area (Å²) in [5.74, 6) is 0.584. The number of nitrogens with two attached hydrogens (primary N) is 1. The van der Waals surface area contributed by atoms with Crippen molar-refractivity contribution in [1.82, 2.24) is 9.88 Å². The van der Waals surface area contributed by atoms with Crippen molar-refractivity contribution in [2.75, 3.05) is 19.7 Å². The number of ether oxygens (including phenoxy) is 1. The highest BCUT2D eigenvalue weighted by molar-refractivity contribution is 7.09. The van der Waals surface area contributed by atoms with E-state index < -0.39 is 0 Å². The van der Waals surface area contributed by atoms with Crippen molar-refractivity contribution in [1.29, 1.82) is 0 Å². The molecule has 8 heteroatoms. The lowest BCUT2D eigenvalue weighted by atomic mass is 9.99. The fraction of sp³-hybridized carbons (Fsp3) is 0.714. The number of carbonyl (C=O) groups excluding carboxylic acids is 1. The van der Waals surface area contributed by atoms with Gasteiger partial charge in [-0.3, -0.25) is 4.79 Å². The second kappa shape index (κ2) is 9.03. The van der Waals surface area contributed by atoms with Crippen molar-refractivity contribution in [2.24, 2.45) is 11.7 Å². The van der Waals surface area contributed by atoms with Crippen LogP contribution in [0.15, 0.2) is 11.6 Å². The second-order valence-corrected chi connectivity index (χ2v) is 6.55. The number of hydrogen-bond donors (Lipinski definition) is 1. The molecule has 0 spiro atoms. The van der Waals surface area contributed by atoms with Gasteiger partial charge in [0.25, 0.3) is 0 Å². The Labute approximate surface area is 147 Å². The smallest absolute Gasteiger partial charge is 0.223 e. The minimum Gasteiger partial charge on any atom is -0.367 e. The van der Waals surface area contributed by atoms with E-state index in [1.54, 1.807) is 17.5 Å². The van der Waals surface area contributed by atoms with E-state index in [0.29, 0.717) is 32.0 Å². The number of halogens is 2. The van der Waals surface area contributed by atoms with Crippen LogP contribution >= 0.6 is 36.2 Å². The van der Waals surface area contributed by atoms with E-state index in [2.05, 4.69) is 4.98 Å². The lowest BCUT2D eigenvalue weighted by Gasteiger charge is -2.33. The molecule has 1 aliphatic carbocycles. The molecule has 2 aliphatic rings. The molecule has 22 heavy (non-hydrogen) atoms. The third-order valence-electron chi connectivity index (χ3n) is 4.30. The average molecular weight is 368 g/mol. The van der Waals surface area contributed by atoms with Gasteiger partial charge in [-0.15, -0.1) is 36.2 Å². The first-order valence-electron chi connectivity index (χ1n) is 7.28. The van der Waals surface area contributed by atoms with Crippen molar-refractivity contribution in [2.45, 2.75) is 37.8 Å². The monoisotopic (exact) mass is 367 g/mol. The highest BCUT2D eigenvalue weighted by Crippen LogP contribution is 2.29. The van der Waals surface area contributed by atoms with Crippen LogP contribution in [0.5, 0.6) is 0 Å². The average Bonchev–Trinajstić information content (AvgIpc) is 3.12. The predicted octanol–water partition coefficient (Wildman–Crippen LogP) is 2.40. The molecular formula is C14H23Cl2N3O2S. The third-order valence-corrected chi connectivity index (χ3v) is 5.17. The lowest BCUT2D eigenvalue weighted by Crippen LogP contribution is -2.43. The molecule has 0 aromatic carbocycles. The third kappa shape index (κ3) is 4.55. The number of aromatic nitrogens is 1. The largest absolute Gasteiger partial charge is 0.367 e. The number of rotatable bonds is 3. The molecule has 2 fully saturated rings. The Bertz CT molecular complexity index is 461. The molecule has 1 saturated carbocycles. The Hall–Kier alpha value is -0.400. The Morgan fingerprint density at radius 3 is 2.91 bits per heavy atom. The van der Waals surface area contributed by atoms with Crippen LogP contribution in [0.3, 0.4) is 0 Å². The van der Waals surface area contributed by atoms with Crippen LogP contribution in [0.1, 0.15) is 36.8 Å². The van der Waals surface area contributed by atoms with E-state index >= 15 is 0 Å². The van der Waals surface area contributed by atoms with Crippen molar-refractivity contribution in [3.8, 4) is 0 Å². The fourth-order valence-corrected chi connectivity index (χ4v) is 3.77. The minimum absolute atomic E-state index is 0. The van der Waals surface area contributed by atoms with Gasteiger partial charge in [0.15, 0.2) is 0 Å². The van der Waals surface area contributed by atoms with Gasteiger partial charge in [0.05, 0.1) is 13.2 Å². The molecule has 2 heterocycles. The molecular weight excluding hydrogens is 345 g/mol. The summed E-state index contributed by atoms with van der Waals surface area (Å²) in [5.41, 5.74) is 6.06. The summed E-state index contributed by atoms with van der Waals surface area (Å²) in [6.07, 6.45) is 5.61. The highest BCUT2D eigenvalue weighted by atomic mass is 35.5. The van der Waals surface area contributed by atoms with Gasteiger partial charge < -0.3 is 15.4 Å². The molecule has 1 aromatic rings. The van der Waals surface area contributed by atoms with Crippen LogP contribution < -0.4 is 5.73 Å². The van der Waals surface area contributed by atoms with Crippen LogP contribution in [-0.4, -0.2) is 41.5 Å². The van der Waals surface area contributed by atoms with Crippen LogP contribution in [0.25, 0.3) is 0 Å². The number of amides is 1. The summed E-state index contributed by atoms with van der Waals surface area (Å²) in [5, 5.41) is 2.90. The summed E-state index contributed by atoms with van der Waals surface area (Å²) in [7, 11) is 0. The molecule has 2 N–H and O–H groups in total. The summed E-state index contributed by atoms with van der Waals surface area (Å²) >= 11 is 1.58. The van der Waals surface area contributed by atoms with Gasteiger partial charge in [-0.1, -0.05) is 6.42 Å². The van der Waals surface area contributed by atoms with Crippen LogP contribution in [0, 0.1) is 5.92 Å². The number of nitrogens with zero attached hydrogens (tertiary/aromatic N) is 2. The molecule has 1 aliphatic heterocycles. The summed E-state index contributed by atoms with van der Waals surface area (Å²) < 4.78 is 5.72. The Balaban J connectivity index is 0.00000121. The maximum atomic E-state index is 12.4. The summed E-state index contributed by atoms with van der Waals surface area (Å²) in [4.78, 5) is 18.6. The van der Waals surface area contributed by atoms with Gasteiger partial charge in [0, 0.05) is 30.6 Å². The van der Waals surface area contributed by atoms with Gasteiger partial charge in [-0.05, 0) is 18.8 Å². The van der Waals surface area contributed by atoms with Gasteiger partial charge in [-0.25, -0.2) is 4.98 Å². The molecule has 1 unspecified atom stereocenters. The quantitative estimate of drug-likeness (QED) is 0.890. The number of thiazole rings is 1. The molecule has 1 amide bonds. The Morgan fingerprint density at radius 2 is 2.27 bits per heavy atom. The highest BCUT2D eigenvalue weighted by Gasteiger charge is 2.31. The topological polar surface area (TPSA) is 68.5 Å². The van der Waals surface area contributed by atoms with Crippen LogP contribution in [0.2, 0.25) is 0 Å². The van der Waals surface area contributed by atoms with E-state index in [1.807, 2.05) is 10.3 Å². The van der Waals surface area contributed by atoms with Crippen LogP contribution in [-0.2, 0) is 9.53 Å². The minimum atomic E-state index is -0.0649. The van der Waals surface area contributed by atoms with E-state index in [1.165, 1.54) is 0 Å². The standard InChI is InChI=1S/C14H21N3O2S.2ClH/c15-11-3-1-2-10(11)8-13(18)17-5-6-19-12(9-17)14-16-4-7-20-14;;/h4,7,10-12H,1-3,5-6,8-9,15H2;2*1H/t10-,11+,12?;;/m0../s1. The van der Waals surface area contributed by atoms with Crippen molar-refractivity contribution in [3.63, 3.8) is 0 Å². The first kappa shape index (κ1) is 19.6. The number of carbonyl (C=O) groups is 1. The SMILES string of the molecule is Cl.Cl.N[C@@H]1CCC[C@H]1CC(=O)N1CCOC(c2nccs2)C1. The molecule has 1 aromatic heterocycles. The second-order valence-electron chi connectivity index (χ2n) is 5.63. The number of hydrogen-bond acceptors (Lipinski definition) is 5. The zero-order chi connectivity index (χ0) is 13.9. The zero-order valence-corrected chi connectivity index (χ0v) is 14.8. The summed E-state index contributed by atoms with van der Waals surface area (Å²) in [6.45, 7) is 1.89. The first-order chi connectivity index (χ1) is 9.74. The van der Waals surface area contributed by atoms with E-state index in [-0.39, 0.29) is 42.9 Å². The van der Waals surface area contributed by atoms with Gasteiger partial charge in [0.2, 0.25) is 5.91 Å². The first-order valence-corrected chi connectivity index (χ1v) is 8.16. The normalized spacial score (nSPS) is 27.9. The van der Waals surface area contributed by atoms with Crippen LogP contribution in [0.4, 0.5) is 0 Å². The lowest BCUT2D eigenvalue weighted by molar-refractivity contribution is -0.140.